The number of rotatable bonds is 6. The minimum Gasteiger partial charge on any atom is -0.497 e. The molecule has 0 aliphatic rings. The van der Waals surface area contributed by atoms with Crippen molar-refractivity contribution < 1.29 is 4.74 Å². The number of nitrogens with zero attached hydrogens (tertiary/aromatic N) is 2. The van der Waals surface area contributed by atoms with Gasteiger partial charge in [0.1, 0.15) is 23.2 Å². The summed E-state index contributed by atoms with van der Waals surface area (Å²) < 4.78 is 5.13. The zero-order valence-corrected chi connectivity index (χ0v) is 11.7. The lowest BCUT2D eigenvalue weighted by molar-refractivity contribution is 0.415. The summed E-state index contributed by atoms with van der Waals surface area (Å²) in [5, 5.41) is 6.39. The Morgan fingerprint density at radius 1 is 1.20 bits per heavy atom. The standard InChI is InChI=1S/C15H18N4O/c1-4-9-16-14-10-15(18-11(2)17-14)19-12-5-7-13(20-3)8-6-12/h4-8,10H,1,9H2,2-3H3,(H2,16,17,18,19). The number of hydrogen-bond acceptors (Lipinski definition) is 5. The molecule has 5 heteroatoms. The second kappa shape index (κ2) is 6.56. The predicted molar refractivity (Wildman–Crippen MR) is 81.7 cm³/mol. The third-order valence-electron chi connectivity index (χ3n) is 2.63. The molecular formula is C15H18N4O. The normalized spacial score (nSPS) is 9.90. The first-order valence-corrected chi connectivity index (χ1v) is 6.33. The molecular weight excluding hydrogens is 252 g/mol. The molecule has 0 bridgehead atoms. The summed E-state index contributed by atoms with van der Waals surface area (Å²) in [4.78, 5) is 8.67. The van der Waals surface area contributed by atoms with Gasteiger partial charge >= 0.3 is 0 Å². The topological polar surface area (TPSA) is 59.1 Å². The molecule has 0 aliphatic carbocycles. The summed E-state index contributed by atoms with van der Waals surface area (Å²) in [6.07, 6.45) is 1.79. The Morgan fingerprint density at radius 2 is 1.90 bits per heavy atom. The van der Waals surface area contributed by atoms with E-state index in [1.54, 1.807) is 13.2 Å². The first-order valence-electron chi connectivity index (χ1n) is 6.33. The third-order valence-corrected chi connectivity index (χ3v) is 2.63. The molecule has 0 amide bonds. The highest BCUT2D eigenvalue weighted by atomic mass is 16.5. The van der Waals surface area contributed by atoms with Crippen molar-refractivity contribution in [1.29, 1.82) is 0 Å². The van der Waals surface area contributed by atoms with Crippen molar-refractivity contribution in [3.63, 3.8) is 0 Å². The van der Waals surface area contributed by atoms with Crippen molar-refractivity contribution >= 4 is 17.3 Å². The molecule has 2 N–H and O–H groups in total. The van der Waals surface area contributed by atoms with E-state index in [2.05, 4.69) is 27.2 Å². The van der Waals surface area contributed by atoms with Crippen LogP contribution < -0.4 is 15.4 Å². The zero-order valence-electron chi connectivity index (χ0n) is 11.7. The van der Waals surface area contributed by atoms with Crippen molar-refractivity contribution in [3.8, 4) is 5.75 Å². The van der Waals surface area contributed by atoms with E-state index in [9.17, 15) is 0 Å². The Hall–Kier alpha value is -2.56. The molecule has 1 heterocycles. The van der Waals surface area contributed by atoms with Gasteiger partial charge in [-0.1, -0.05) is 6.08 Å². The molecule has 20 heavy (non-hydrogen) atoms. The van der Waals surface area contributed by atoms with Gasteiger partial charge < -0.3 is 15.4 Å². The Labute approximate surface area is 118 Å². The number of nitrogens with one attached hydrogen (secondary N) is 2. The molecule has 0 spiro atoms. The van der Waals surface area contributed by atoms with Gasteiger partial charge in [0.05, 0.1) is 7.11 Å². The molecule has 0 aliphatic heterocycles. The van der Waals surface area contributed by atoms with Crippen LogP contribution >= 0.6 is 0 Å². The van der Waals surface area contributed by atoms with Crippen LogP contribution in [0.4, 0.5) is 17.3 Å². The van der Waals surface area contributed by atoms with E-state index in [0.717, 1.165) is 23.1 Å². The maximum absolute atomic E-state index is 5.13. The van der Waals surface area contributed by atoms with Crippen LogP contribution in [0.2, 0.25) is 0 Å². The Kier molecular flexibility index (Phi) is 4.55. The predicted octanol–water partition coefficient (Wildman–Crippen LogP) is 3.14. The number of aryl methyl sites for hydroxylation is 1. The van der Waals surface area contributed by atoms with E-state index in [-0.39, 0.29) is 0 Å². The molecule has 2 rings (SSSR count). The van der Waals surface area contributed by atoms with Crippen LogP contribution in [0.25, 0.3) is 0 Å². The van der Waals surface area contributed by atoms with Gasteiger partial charge in [0, 0.05) is 18.3 Å². The zero-order chi connectivity index (χ0) is 14.4. The van der Waals surface area contributed by atoms with E-state index in [1.807, 2.05) is 37.3 Å². The highest BCUT2D eigenvalue weighted by molar-refractivity contribution is 5.60. The first-order chi connectivity index (χ1) is 9.71. The van der Waals surface area contributed by atoms with Crippen molar-refractivity contribution in [2.45, 2.75) is 6.92 Å². The number of ether oxygens (including phenoxy) is 1. The van der Waals surface area contributed by atoms with E-state index >= 15 is 0 Å². The fraction of sp³-hybridized carbons (Fsp3) is 0.200. The van der Waals surface area contributed by atoms with Crippen LogP contribution in [-0.2, 0) is 0 Å². The fourth-order valence-corrected chi connectivity index (χ4v) is 1.72. The smallest absolute Gasteiger partial charge is 0.136 e. The van der Waals surface area contributed by atoms with Crippen LogP contribution in [0.1, 0.15) is 5.82 Å². The van der Waals surface area contributed by atoms with Crippen LogP contribution in [-0.4, -0.2) is 23.6 Å². The molecule has 0 unspecified atom stereocenters. The summed E-state index contributed by atoms with van der Waals surface area (Å²) in [5.41, 5.74) is 0.943. The maximum atomic E-state index is 5.13. The van der Waals surface area contributed by atoms with Crippen molar-refractivity contribution in [2.24, 2.45) is 0 Å². The lowest BCUT2D eigenvalue weighted by atomic mass is 10.3. The van der Waals surface area contributed by atoms with Crippen molar-refractivity contribution in [1.82, 2.24) is 9.97 Å². The second-order valence-corrected chi connectivity index (χ2v) is 4.21. The van der Waals surface area contributed by atoms with E-state index in [4.69, 9.17) is 4.74 Å². The van der Waals surface area contributed by atoms with Crippen LogP contribution in [0.3, 0.4) is 0 Å². The van der Waals surface area contributed by atoms with Gasteiger partial charge in [-0.2, -0.15) is 0 Å². The molecule has 104 valence electrons. The summed E-state index contributed by atoms with van der Waals surface area (Å²) in [7, 11) is 1.65. The number of hydrogen-bond donors (Lipinski definition) is 2. The molecule has 0 saturated heterocycles. The van der Waals surface area contributed by atoms with Gasteiger partial charge in [0.15, 0.2) is 0 Å². The van der Waals surface area contributed by atoms with Crippen LogP contribution in [0.15, 0.2) is 43.0 Å². The van der Waals surface area contributed by atoms with Gasteiger partial charge in [0.25, 0.3) is 0 Å². The SMILES string of the molecule is C=CCNc1cc(Nc2ccc(OC)cc2)nc(C)n1. The molecule has 2 aromatic rings. The van der Waals surface area contributed by atoms with Gasteiger partial charge in [-0.05, 0) is 31.2 Å². The highest BCUT2D eigenvalue weighted by Crippen LogP contribution is 2.20. The summed E-state index contributed by atoms with van der Waals surface area (Å²) in [6, 6.07) is 9.53. The van der Waals surface area contributed by atoms with E-state index in [1.165, 1.54) is 0 Å². The number of aromatic nitrogens is 2. The van der Waals surface area contributed by atoms with Crippen molar-refractivity contribution in [3.05, 3.63) is 48.8 Å². The minimum absolute atomic E-state index is 0.665. The number of benzene rings is 1. The van der Waals surface area contributed by atoms with E-state index < -0.39 is 0 Å². The lowest BCUT2D eigenvalue weighted by Crippen LogP contribution is -2.04. The largest absolute Gasteiger partial charge is 0.497 e. The van der Waals surface area contributed by atoms with Crippen LogP contribution in [0, 0.1) is 6.92 Å². The molecule has 1 aromatic heterocycles. The highest BCUT2D eigenvalue weighted by Gasteiger charge is 2.02. The molecule has 0 fully saturated rings. The van der Waals surface area contributed by atoms with Gasteiger partial charge in [-0.25, -0.2) is 9.97 Å². The summed E-state index contributed by atoms with van der Waals surface area (Å²) >= 11 is 0. The lowest BCUT2D eigenvalue weighted by Gasteiger charge is -2.09. The fourth-order valence-electron chi connectivity index (χ4n) is 1.72. The average Bonchev–Trinajstić information content (AvgIpc) is 2.45. The van der Waals surface area contributed by atoms with Crippen LogP contribution in [0.5, 0.6) is 5.75 Å². The van der Waals surface area contributed by atoms with Gasteiger partial charge in [-0.15, -0.1) is 6.58 Å². The average molecular weight is 270 g/mol. The summed E-state index contributed by atoms with van der Waals surface area (Å²) in [6.45, 7) is 6.20. The molecule has 0 atom stereocenters. The number of methoxy groups -OCH3 is 1. The quantitative estimate of drug-likeness (QED) is 0.790. The molecule has 1 aromatic carbocycles. The summed E-state index contributed by atoms with van der Waals surface area (Å²) in [5.74, 6) is 3.04. The number of anilines is 3. The molecule has 0 saturated carbocycles. The Balaban J connectivity index is 2.14. The Morgan fingerprint density at radius 3 is 2.55 bits per heavy atom. The monoisotopic (exact) mass is 270 g/mol. The second-order valence-electron chi connectivity index (χ2n) is 4.21. The van der Waals surface area contributed by atoms with E-state index in [0.29, 0.717) is 12.4 Å². The Bertz CT molecular complexity index is 581. The molecule has 5 nitrogen and oxygen atoms in total. The first kappa shape index (κ1) is 13.9. The minimum atomic E-state index is 0.665. The van der Waals surface area contributed by atoms with Gasteiger partial charge in [-0.3, -0.25) is 0 Å². The van der Waals surface area contributed by atoms with Gasteiger partial charge in [0.2, 0.25) is 0 Å². The third kappa shape index (κ3) is 3.71. The van der Waals surface area contributed by atoms with Crippen molar-refractivity contribution in [2.75, 3.05) is 24.3 Å². The molecule has 0 radical (unpaired) electrons. The maximum Gasteiger partial charge on any atom is 0.136 e.